The smallest absolute Gasteiger partial charge is 0.410 e. The highest BCUT2D eigenvalue weighted by Crippen LogP contribution is 2.39. The molecule has 0 saturated heterocycles. The van der Waals surface area contributed by atoms with Crippen LogP contribution in [0.1, 0.15) is 56.5 Å². The predicted octanol–water partition coefficient (Wildman–Crippen LogP) is 4.56. The third-order valence-electron chi connectivity index (χ3n) is 4.91. The lowest BCUT2D eigenvalue weighted by molar-refractivity contribution is 0.0223. The average molecular weight is 368 g/mol. The quantitative estimate of drug-likeness (QED) is 0.862. The van der Waals surface area contributed by atoms with Crippen LogP contribution in [0.15, 0.2) is 24.3 Å². The lowest BCUT2D eigenvalue weighted by Crippen LogP contribution is -2.40. The maximum atomic E-state index is 12.5. The Balaban J connectivity index is 1.61. The molecule has 6 nitrogen and oxygen atoms in total. The van der Waals surface area contributed by atoms with Crippen LogP contribution in [0.2, 0.25) is 0 Å². The summed E-state index contributed by atoms with van der Waals surface area (Å²) in [5, 5.41) is 8.35. The summed E-state index contributed by atoms with van der Waals surface area (Å²) in [6.07, 6.45) is 2.93. The molecule has 144 valence electrons. The van der Waals surface area contributed by atoms with Crippen molar-refractivity contribution in [3.8, 4) is 0 Å². The van der Waals surface area contributed by atoms with E-state index in [-0.39, 0.29) is 6.09 Å². The molecule has 0 atom stereocenters. The lowest BCUT2D eigenvalue weighted by Gasteiger charge is -2.30. The molecule has 0 bridgehead atoms. The van der Waals surface area contributed by atoms with Crippen molar-refractivity contribution in [2.24, 2.45) is 0 Å². The number of hydrogen-bond acceptors (Lipinski definition) is 4. The van der Waals surface area contributed by atoms with Crippen LogP contribution >= 0.6 is 0 Å². The van der Waals surface area contributed by atoms with E-state index in [0.717, 1.165) is 23.5 Å². The molecule has 2 aromatic rings. The first-order chi connectivity index (χ1) is 12.8. The topological polar surface area (TPSA) is 59.4 Å². The zero-order chi connectivity index (χ0) is 19.2. The summed E-state index contributed by atoms with van der Waals surface area (Å²) in [7, 11) is 0. The molecule has 1 aliphatic heterocycles. The molecule has 2 aliphatic rings. The van der Waals surface area contributed by atoms with Crippen molar-refractivity contribution in [1.29, 1.82) is 0 Å². The largest absolute Gasteiger partial charge is 0.444 e. The second kappa shape index (κ2) is 6.59. The summed E-state index contributed by atoms with van der Waals surface area (Å²) in [5.74, 6) is 0.857. The summed E-state index contributed by atoms with van der Waals surface area (Å²) in [4.78, 5) is 14.3. The van der Waals surface area contributed by atoms with Crippen molar-refractivity contribution < 1.29 is 9.53 Å². The molecule has 0 spiro atoms. The Morgan fingerprint density at radius 2 is 2.07 bits per heavy atom. The highest BCUT2D eigenvalue weighted by atomic mass is 16.6. The molecule has 1 amide bonds. The molecule has 0 radical (unpaired) electrons. The van der Waals surface area contributed by atoms with Crippen molar-refractivity contribution in [1.82, 2.24) is 14.7 Å². The van der Waals surface area contributed by atoms with Gasteiger partial charge in [-0.25, -0.2) is 4.79 Å². The van der Waals surface area contributed by atoms with Gasteiger partial charge in [0.25, 0.3) is 0 Å². The number of aryl methyl sites for hydroxylation is 1. The van der Waals surface area contributed by atoms with Gasteiger partial charge < -0.3 is 15.0 Å². The first-order valence-electron chi connectivity index (χ1n) is 9.72. The first-order valence-corrected chi connectivity index (χ1v) is 9.72. The van der Waals surface area contributed by atoms with Crippen molar-refractivity contribution in [3.63, 3.8) is 0 Å². The molecule has 0 unspecified atom stereocenters. The fraction of sp³-hybridized carbons (Fsp3) is 0.524. The van der Waals surface area contributed by atoms with Crippen molar-refractivity contribution in [2.75, 3.05) is 11.9 Å². The van der Waals surface area contributed by atoms with E-state index in [2.05, 4.69) is 29.1 Å². The van der Waals surface area contributed by atoms with Gasteiger partial charge in [0.05, 0.1) is 12.6 Å². The van der Waals surface area contributed by atoms with E-state index in [1.54, 1.807) is 4.90 Å². The number of carbonyl (C=O) groups is 1. The van der Waals surface area contributed by atoms with Crippen LogP contribution in [-0.2, 0) is 17.7 Å². The minimum atomic E-state index is -0.488. The summed E-state index contributed by atoms with van der Waals surface area (Å²) >= 11 is 0. The molecular formula is C21H28N4O2. The molecular weight excluding hydrogens is 340 g/mol. The number of benzene rings is 1. The third-order valence-corrected chi connectivity index (χ3v) is 4.91. The molecule has 1 aliphatic carbocycles. The minimum Gasteiger partial charge on any atom is -0.444 e. The number of anilines is 2. The van der Waals surface area contributed by atoms with Gasteiger partial charge in [-0.3, -0.25) is 4.68 Å². The van der Waals surface area contributed by atoms with Gasteiger partial charge in [-0.2, -0.15) is 5.10 Å². The molecule has 1 saturated carbocycles. The number of fused-ring (bicyclic) bond motifs is 1. The monoisotopic (exact) mass is 368 g/mol. The molecule has 1 fully saturated rings. The molecule has 4 rings (SSSR count). The van der Waals surface area contributed by atoms with Gasteiger partial charge in [-0.15, -0.1) is 0 Å². The normalized spacial score (nSPS) is 16.8. The summed E-state index contributed by atoms with van der Waals surface area (Å²) in [6.45, 7) is 8.98. The summed E-state index contributed by atoms with van der Waals surface area (Å²) in [6, 6.07) is 8.78. The maximum absolute atomic E-state index is 12.5. The summed E-state index contributed by atoms with van der Waals surface area (Å²) < 4.78 is 7.75. The molecule has 2 heterocycles. The number of ether oxygens (including phenoxy) is 1. The van der Waals surface area contributed by atoms with Crippen molar-refractivity contribution >= 4 is 17.6 Å². The van der Waals surface area contributed by atoms with E-state index in [1.165, 1.54) is 24.1 Å². The van der Waals surface area contributed by atoms with Crippen LogP contribution < -0.4 is 5.32 Å². The van der Waals surface area contributed by atoms with Gasteiger partial charge >= 0.3 is 6.09 Å². The van der Waals surface area contributed by atoms with Gasteiger partial charge in [0.15, 0.2) is 5.82 Å². The van der Waals surface area contributed by atoms with E-state index in [9.17, 15) is 4.79 Å². The molecule has 1 N–H and O–H groups in total. The van der Waals surface area contributed by atoms with Crippen LogP contribution in [-0.4, -0.2) is 32.9 Å². The molecule has 1 aromatic heterocycles. The molecule has 1 aromatic carbocycles. The Labute approximate surface area is 160 Å². The van der Waals surface area contributed by atoms with E-state index in [1.807, 2.05) is 32.9 Å². The van der Waals surface area contributed by atoms with E-state index in [4.69, 9.17) is 9.84 Å². The van der Waals surface area contributed by atoms with E-state index in [0.29, 0.717) is 19.1 Å². The second-order valence-electron chi connectivity index (χ2n) is 8.60. The Morgan fingerprint density at radius 3 is 2.74 bits per heavy atom. The number of nitrogens with one attached hydrogen (secondary N) is 1. The average Bonchev–Trinajstić information content (AvgIpc) is 3.36. The third kappa shape index (κ3) is 3.94. The Bertz CT molecular complexity index is 862. The maximum Gasteiger partial charge on any atom is 0.410 e. The summed E-state index contributed by atoms with van der Waals surface area (Å²) in [5.41, 5.74) is 4.10. The van der Waals surface area contributed by atoms with E-state index < -0.39 is 5.60 Å². The van der Waals surface area contributed by atoms with Gasteiger partial charge in [-0.05, 0) is 58.2 Å². The van der Waals surface area contributed by atoms with Crippen LogP contribution in [0.4, 0.5) is 16.3 Å². The predicted molar refractivity (Wildman–Crippen MR) is 105 cm³/mol. The first kappa shape index (κ1) is 17.9. The van der Waals surface area contributed by atoms with Crippen LogP contribution in [0.3, 0.4) is 0 Å². The number of rotatable bonds is 3. The lowest BCUT2D eigenvalue weighted by atomic mass is 10.1. The highest BCUT2D eigenvalue weighted by molar-refractivity contribution is 5.70. The Kier molecular flexibility index (Phi) is 4.36. The number of amides is 1. The number of nitrogens with zero attached hydrogens (tertiary/aromatic N) is 3. The van der Waals surface area contributed by atoms with Gasteiger partial charge in [-0.1, -0.05) is 12.1 Å². The number of hydrogen-bond donors (Lipinski definition) is 1. The zero-order valence-electron chi connectivity index (χ0n) is 16.6. The zero-order valence-corrected chi connectivity index (χ0v) is 16.6. The molecule has 6 heteroatoms. The van der Waals surface area contributed by atoms with Crippen LogP contribution in [0, 0.1) is 6.92 Å². The SMILES string of the molecule is Cc1cccc(Nc2nn(C3CC3)c3c2CN(C(=O)OC(C)(C)C)CC3)c1. The number of carbonyl (C=O) groups excluding carboxylic acids is 1. The fourth-order valence-electron chi connectivity index (χ4n) is 3.51. The van der Waals surface area contributed by atoms with Crippen molar-refractivity contribution in [2.45, 2.75) is 65.1 Å². The van der Waals surface area contributed by atoms with E-state index >= 15 is 0 Å². The van der Waals surface area contributed by atoms with Gasteiger partial charge in [0, 0.05) is 29.9 Å². The minimum absolute atomic E-state index is 0.256. The highest BCUT2D eigenvalue weighted by Gasteiger charge is 2.34. The standard InChI is InChI=1S/C21H28N4O2/c1-14-6-5-7-15(12-14)22-19-17-13-24(20(26)27-21(2,3)4)11-10-18(17)25(23-19)16-8-9-16/h5-7,12,16H,8-11,13H2,1-4H3,(H,22,23). The van der Waals surface area contributed by atoms with Gasteiger partial charge in [0.1, 0.15) is 5.60 Å². The van der Waals surface area contributed by atoms with Crippen LogP contribution in [0.25, 0.3) is 0 Å². The Morgan fingerprint density at radius 1 is 1.30 bits per heavy atom. The van der Waals surface area contributed by atoms with Gasteiger partial charge in [0.2, 0.25) is 0 Å². The van der Waals surface area contributed by atoms with Crippen molar-refractivity contribution in [3.05, 3.63) is 41.1 Å². The second-order valence-corrected chi connectivity index (χ2v) is 8.60. The fourth-order valence-corrected chi connectivity index (χ4v) is 3.51. The molecule has 27 heavy (non-hydrogen) atoms. The van der Waals surface area contributed by atoms with Crippen LogP contribution in [0.5, 0.6) is 0 Å². The number of aromatic nitrogens is 2. The Hall–Kier alpha value is -2.50.